The van der Waals surface area contributed by atoms with Crippen molar-refractivity contribution in [2.24, 2.45) is 0 Å². The molecule has 1 atom stereocenters. The van der Waals surface area contributed by atoms with Crippen LogP contribution in [0.3, 0.4) is 0 Å². The van der Waals surface area contributed by atoms with E-state index in [1.807, 2.05) is 55.5 Å². The zero-order valence-corrected chi connectivity index (χ0v) is 14.6. The van der Waals surface area contributed by atoms with Gasteiger partial charge in [0, 0.05) is 21.0 Å². The van der Waals surface area contributed by atoms with E-state index in [0.29, 0.717) is 11.1 Å². The van der Waals surface area contributed by atoms with Gasteiger partial charge in [-0.05, 0) is 36.1 Å². The van der Waals surface area contributed by atoms with Gasteiger partial charge in [0.2, 0.25) is 0 Å². The van der Waals surface area contributed by atoms with Gasteiger partial charge < -0.3 is 0 Å². The third-order valence-corrected chi connectivity index (χ3v) is 5.25. The molecular weight excluding hydrogens is 366 g/mol. The lowest BCUT2D eigenvalue weighted by Crippen LogP contribution is -2.41. The van der Waals surface area contributed by atoms with Crippen molar-refractivity contribution in [1.82, 2.24) is 4.90 Å². The molecule has 0 N–H and O–H groups in total. The second-order valence-electron chi connectivity index (χ2n) is 5.89. The van der Waals surface area contributed by atoms with Gasteiger partial charge in [-0.3, -0.25) is 14.5 Å². The highest BCUT2D eigenvalue weighted by Crippen LogP contribution is 2.37. The Morgan fingerprint density at radius 1 is 0.833 bits per heavy atom. The predicted molar refractivity (Wildman–Crippen MR) is 97.0 cm³/mol. The molecule has 1 aliphatic rings. The normalized spacial score (nSPS) is 15.0. The van der Waals surface area contributed by atoms with Crippen molar-refractivity contribution in [2.45, 2.75) is 13.0 Å². The minimum Gasteiger partial charge on any atom is -0.269 e. The number of amides is 2. The molecule has 0 saturated heterocycles. The van der Waals surface area contributed by atoms with E-state index in [-0.39, 0.29) is 17.9 Å². The average Bonchev–Trinajstić information content (AvgIpc) is 2.61. The third-order valence-electron chi connectivity index (χ3n) is 4.56. The standard InChI is InChI=1S/C20H14BrNO2/c1-12(13-6-3-2-4-7-13)22-19(23)15-9-5-8-14-17(21)11-10-16(18(14)15)20(22)24/h2-12H,1H3/t12-/m1/s1. The van der Waals surface area contributed by atoms with Gasteiger partial charge in [-0.25, -0.2) is 0 Å². The molecule has 4 heteroatoms. The first-order valence-corrected chi connectivity index (χ1v) is 8.53. The summed E-state index contributed by atoms with van der Waals surface area (Å²) in [7, 11) is 0. The number of benzene rings is 3. The molecule has 0 aromatic heterocycles. The Bertz CT molecular complexity index is 959. The highest BCUT2D eigenvalue weighted by Gasteiger charge is 2.36. The molecule has 0 unspecified atom stereocenters. The van der Waals surface area contributed by atoms with Crippen molar-refractivity contribution in [3.8, 4) is 0 Å². The van der Waals surface area contributed by atoms with Crippen LogP contribution in [0.2, 0.25) is 0 Å². The molecule has 1 aliphatic heterocycles. The zero-order valence-electron chi connectivity index (χ0n) is 13.0. The molecule has 0 radical (unpaired) electrons. The number of halogens is 1. The fourth-order valence-electron chi connectivity index (χ4n) is 3.31. The first-order valence-electron chi connectivity index (χ1n) is 7.73. The van der Waals surface area contributed by atoms with Crippen molar-refractivity contribution < 1.29 is 9.59 Å². The summed E-state index contributed by atoms with van der Waals surface area (Å²) in [4.78, 5) is 27.4. The number of carbonyl (C=O) groups is 2. The number of hydrogen-bond acceptors (Lipinski definition) is 2. The SMILES string of the molecule is C[C@H](c1ccccc1)N1C(=O)c2cccc3c(Br)ccc(c23)C1=O. The maximum absolute atomic E-state index is 13.0. The number of imide groups is 1. The molecule has 2 amide bonds. The summed E-state index contributed by atoms with van der Waals surface area (Å²) < 4.78 is 0.883. The first-order chi connectivity index (χ1) is 11.6. The summed E-state index contributed by atoms with van der Waals surface area (Å²) in [6.07, 6.45) is 0. The highest BCUT2D eigenvalue weighted by atomic mass is 79.9. The smallest absolute Gasteiger partial charge is 0.261 e. The monoisotopic (exact) mass is 379 g/mol. The summed E-state index contributed by atoms with van der Waals surface area (Å²) in [5.74, 6) is -0.486. The highest BCUT2D eigenvalue weighted by molar-refractivity contribution is 9.10. The number of carbonyl (C=O) groups excluding carboxylic acids is 2. The average molecular weight is 380 g/mol. The lowest BCUT2D eigenvalue weighted by atomic mass is 9.92. The molecule has 0 saturated carbocycles. The van der Waals surface area contributed by atoms with Gasteiger partial charge in [-0.15, -0.1) is 0 Å². The molecule has 24 heavy (non-hydrogen) atoms. The maximum atomic E-state index is 13.0. The molecule has 4 rings (SSSR count). The van der Waals surface area contributed by atoms with Crippen LogP contribution in [0.4, 0.5) is 0 Å². The Kier molecular flexibility index (Phi) is 3.50. The molecule has 3 aromatic carbocycles. The lowest BCUT2D eigenvalue weighted by molar-refractivity contribution is 0.0550. The maximum Gasteiger partial charge on any atom is 0.261 e. The van der Waals surface area contributed by atoms with Crippen molar-refractivity contribution in [2.75, 3.05) is 0 Å². The minimum absolute atomic E-state index is 0.243. The molecule has 3 aromatic rings. The second-order valence-corrected chi connectivity index (χ2v) is 6.74. The van der Waals surface area contributed by atoms with Gasteiger partial charge in [0.25, 0.3) is 11.8 Å². The van der Waals surface area contributed by atoms with Crippen molar-refractivity contribution in [3.05, 3.63) is 81.8 Å². The third kappa shape index (κ3) is 2.10. The summed E-state index contributed by atoms with van der Waals surface area (Å²) in [6, 6.07) is 18.5. The Hall–Kier alpha value is -2.46. The molecule has 118 valence electrons. The molecular formula is C20H14BrNO2. The van der Waals surface area contributed by atoms with Gasteiger partial charge in [0.1, 0.15) is 0 Å². The van der Waals surface area contributed by atoms with Gasteiger partial charge in [-0.1, -0.05) is 58.4 Å². The largest absolute Gasteiger partial charge is 0.269 e. The number of nitrogens with zero attached hydrogens (tertiary/aromatic N) is 1. The van der Waals surface area contributed by atoms with E-state index >= 15 is 0 Å². The summed E-state index contributed by atoms with van der Waals surface area (Å²) in [5, 5.41) is 1.62. The van der Waals surface area contributed by atoms with E-state index in [4.69, 9.17) is 0 Å². The van der Waals surface area contributed by atoms with Gasteiger partial charge in [0.15, 0.2) is 0 Å². The Balaban J connectivity index is 1.91. The van der Waals surface area contributed by atoms with Crippen LogP contribution >= 0.6 is 15.9 Å². The van der Waals surface area contributed by atoms with Crippen LogP contribution in [-0.4, -0.2) is 16.7 Å². The summed E-state index contributed by atoms with van der Waals surface area (Å²) in [5.41, 5.74) is 2.09. The van der Waals surface area contributed by atoms with Crippen LogP contribution in [0.15, 0.2) is 65.1 Å². The van der Waals surface area contributed by atoms with Crippen molar-refractivity contribution in [3.63, 3.8) is 0 Å². The van der Waals surface area contributed by atoms with E-state index in [0.717, 1.165) is 20.8 Å². The zero-order chi connectivity index (χ0) is 16.8. The lowest BCUT2D eigenvalue weighted by Gasteiger charge is -2.32. The van der Waals surface area contributed by atoms with Crippen LogP contribution in [0.25, 0.3) is 10.8 Å². The summed E-state index contributed by atoms with van der Waals surface area (Å²) in [6.45, 7) is 1.88. The summed E-state index contributed by atoms with van der Waals surface area (Å²) >= 11 is 3.50. The second kappa shape index (κ2) is 5.56. The van der Waals surface area contributed by atoms with E-state index in [9.17, 15) is 9.59 Å². The topological polar surface area (TPSA) is 37.4 Å². The Morgan fingerprint density at radius 3 is 2.21 bits per heavy atom. The quantitative estimate of drug-likeness (QED) is 0.590. The molecule has 0 aliphatic carbocycles. The predicted octanol–water partition coefficient (Wildman–Crippen LogP) is 4.96. The minimum atomic E-state index is -0.321. The van der Waals surface area contributed by atoms with Crippen molar-refractivity contribution in [1.29, 1.82) is 0 Å². The first kappa shape index (κ1) is 15.1. The van der Waals surface area contributed by atoms with Crippen LogP contribution in [0.5, 0.6) is 0 Å². The fraction of sp³-hybridized carbons (Fsp3) is 0.100. The van der Waals surface area contributed by atoms with Crippen molar-refractivity contribution >= 4 is 38.5 Å². The Morgan fingerprint density at radius 2 is 1.50 bits per heavy atom. The van der Waals surface area contributed by atoms with Crippen LogP contribution in [0.1, 0.15) is 39.2 Å². The molecule has 0 fully saturated rings. The molecule has 3 nitrogen and oxygen atoms in total. The van der Waals surface area contributed by atoms with Gasteiger partial charge in [0.05, 0.1) is 6.04 Å². The van der Waals surface area contributed by atoms with Crippen LogP contribution in [-0.2, 0) is 0 Å². The van der Waals surface area contributed by atoms with E-state index in [1.165, 1.54) is 4.90 Å². The van der Waals surface area contributed by atoms with Crippen LogP contribution in [0, 0.1) is 0 Å². The molecule has 1 heterocycles. The van der Waals surface area contributed by atoms with E-state index in [2.05, 4.69) is 15.9 Å². The number of rotatable bonds is 2. The van der Waals surface area contributed by atoms with Gasteiger partial charge in [-0.2, -0.15) is 0 Å². The molecule has 0 bridgehead atoms. The fourth-order valence-corrected chi connectivity index (χ4v) is 3.77. The number of hydrogen-bond donors (Lipinski definition) is 0. The van der Waals surface area contributed by atoms with Gasteiger partial charge >= 0.3 is 0 Å². The van der Waals surface area contributed by atoms with Crippen LogP contribution < -0.4 is 0 Å². The molecule has 0 spiro atoms. The Labute approximate surface area is 148 Å². The van der Waals surface area contributed by atoms with E-state index < -0.39 is 0 Å². The van der Waals surface area contributed by atoms with E-state index in [1.54, 1.807) is 12.1 Å².